The van der Waals surface area contributed by atoms with E-state index in [1.54, 1.807) is 24.3 Å². The molecule has 0 unspecified atom stereocenters. The Kier molecular flexibility index (Phi) is 5.80. The Morgan fingerprint density at radius 3 is 2.23 bits per heavy atom. The van der Waals surface area contributed by atoms with Gasteiger partial charge in [-0.25, -0.2) is 4.79 Å². The molecule has 2 rings (SSSR count). The Hall–Kier alpha value is -2.53. The van der Waals surface area contributed by atoms with Gasteiger partial charge in [-0.2, -0.15) is 0 Å². The molecular weight excluding hydrogens is 280 g/mol. The van der Waals surface area contributed by atoms with E-state index >= 15 is 0 Å². The van der Waals surface area contributed by atoms with Crippen molar-refractivity contribution in [1.29, 1.82) is 0 Å². The van der Waals surface area contributed by atoms with Crippen molar-refractivity contribution in [2.45, 2.75) is 13.3 Å². The van der Waals surface area contributed by atoms with E-state index in [2.05, 4.69) is 10.6 Å². The van der Waals surface area contributed by atoms with Crippen LogP contribution in [0.2, 0.25) is 0 Å². The van der Waals surface area contributed by atoms with Crippen molar-refractivity contribution in [1.82, 2.24) is 5.32 Å². The van der Waals surface area contributed by atoms with Gasteiger partial charge >= 0.3 is 6.03 Å². The highest BCUT2D eigenvalue weighted by atomic mass is 16.5. The second-order valence-corrected chi connectivity index (χ2v) is 4.90. The average molecular weight is 300 g/mol. The first-order valence-electron chi connectivity index (χ1n) is 7.17. The lowest BCUT2D eigenvalue weighted by molar-refractivity contribution is 0.249. The second kappa shape index (κ2) is 8.05. The molecular formula is C17H20N2O3. The minimum Gasteiger partial charge on any atom is -0.457 e. The molecule has 3 N–H and O–H groups in total. The van der Waals surface area contributed by atoms with Crippen LogP contribution in [0.25, 0.3) is 0 Å². The Labute approximate surface area is 129 Å². The van der Waals surface area contributed by atoms with Gasteiger partial charge in [-0.05, 0) is 49.7 Å². The standard InChI is InChI=1S/C17H20N2O3/c1-13-3-7-15(8-4-13)22-16-9-5-14(6-10-16)19-17(21)18-11-2-12-20/h3-10,20H,2,11-12H2,1H3,(H2,18,19,21). The van der Waals surface area contributed by atoms with E-state index in [1.807, 2.05) is 31.2 Å². The molecule has 0 aliphatic carbocycles. The van der Waals surface area contributed by atoms with Crippen molar-refractivity contribution in [3.8, 4) is 11.5 Å². The van der Waals surface area contributed by atoms with Crippen LogP contribution in [0.4, 0.5) is 10.5 Å². The molecule has 0 spiro atoms. The molecule has 0 atom stereocenters. The summed E-state index contributed by atoms with van der Waals surface area (Å²) in [5, 5.41) is 14.0. The third-order valence-electron chi connectivity index (χ3n) is 2.99. The van der Waals surface area contributed by atoms with Crippen molar-refractivity contribution in [2.24, 2.45) is 0 Å². The Morgan fingerprint density at radius 1 is 1.05 bits per heavy atom. The lowest BCUT2D eigenvalue weighted by Gasteiger charge is -2.09. The lowest BCUT2D eigenvalue weighted by Crippen LogP contribution is -2.29. The number of aliphatic hydroxyl groups excluding tert-OH is 1. The van der Waals surface area contributed by atoms with Crippen molar-refractivity contribution in [2.75, 3.05) is 18.5 Å². The number of rotatable bonds is 6. The Balaban J connectivity index is 1.87. The van der Waals surface area contributed by atoms with Crippen molar-refractivity contribution in [3.05, 3.63) is 54.1 Å². The maximum atomic E-state index is 11.6. The zero-order valence-corrected chi connectivity index (χ0v) is 12.5. The summed E-state index contributed by atoms with van der Waals surface area (Å²) in [4.78, 5) is 11.6. The van der Waals surface area contributed by atoms with E-state index in [9.17, 15) is 4.79 Å². The molecule has 0 saturated heterocycles. The van der Waals surface area contributed by atoms with Crippen LogP contribution in [-0.4, -0.2) is 24.3 Å². The molecule has 0 aliphatic rings. The number of aryl methyl sites for hydroxylation is 1. The lowest BCUT2D eigenvalue weighted by atomic mass is 10.2. The van der Waals surface area contributed by atoms with Gasteiger partial charge in [-0.15, -0.1) is 0 Å². The Bertz CT molecular complexity index is 594. The fourth-order valence-electron chi connectivity index (χ4n) is 1.80. The van der Waals surface area contributed by atoms with Gasteiger partial charge < -0.3 is 20.5 Å². The summed E-state index contributed by atoms with van der Waals surface area (Å²) >= 11 is 0. The molecule has 0 bridgehead atoms. The van der Waals surface area contributed by atoms with Crippen molar-refractivity contribution < 1.29 is 14.6 Å². The van der Waals surface area contributed by atoms with E-state index in [0.717, 1.165) is 5.75 Å². The van der Waals surface area contributed by atoms with Gasteiger partial charge in [0.05, 0.1) is 0 Å². The summed E-state index contributed by atoms with van der Waals surface area (Å²) in [5.41, 5.74) is 1.86. The van der Waals surface area contributed by atoms with Gasteiger partial charge in [0.2, 0.25) is 0 Å². The molecule has 0 aliphatic heterocycles. The highest BCUT2D eigenvalue weighted by molar-refractivity contribution is 5.89. The molecule has 2 amide bonds. The van der Waals surface area contributed by atoms with Gasteiger partial charge in [0, 0.05) is 18.8 Å². The smallest absolute Gasteiger partial charge is 0.319 e. The predicted molar refractivity (Wildman–Crippen MR) is 86.4 cm³/mol. The van der Waals surface area contributed by atoms with Gasteiger partial charge in [0.25, 0.3) is 0 Å². The molecule has 5 heteroatoms. The number of nitrogens with one attached hydrogen (secondary N) is 2. The largest absolute Gasteiger partial charge is 0.457 e. The molecule has 5 nitrogen and oxygen atoms in total. The SMILES string of the molecule is Cc1ccc(Oc2ccc(NC(=O)NCCCO)cc2)cc1. The van der Waals surface area contributed by atoms with Crippen LogP contribution in [-0.2, 0) is 0 Å². The van der Waals surface area contributed by atoms with E-state index in [1.165, 1.54) is 5.56 Å². The number of carbonyl (C=O) groups is 1. The molecule has 2 aromatic rings. The first-order valence-corrected chi connectivity index (χ1v) is 7.17. The van der Waals surface area contributed by atoms with E-state index in [4.69, 9.17) is 9.84 Å². The average Bonchev–Trinajstić information content (AvgIpc) is 2.52. The van der Waals surface area contributed by atoms with Crippen LogP contribution >= 0.6 is 0 Å². The van der Waals surface area contributed by atoms with Crippen LogP contribution in [0.5, 0.6) is 11.5 Å². The third kappa shape index (κ3) is 5.10. The molecule has 0 saturated carbocycles. The normalized spacial score (nSPS) is 10.1. The number of hydrogen-bond acceptors (Lipinski definition) is 3. The van der Waals surface area contributed by atoms with Crippen molar-refractivity contribution in [3.63, 3.8) is 0 Å². The summed E-state index contributed by atoms with van der Waals surface area (Å²) in [5.74, 6) is 1.48. The predicted octanol–water partition coefficient (Wildman–Crippen LogP) is 3.29. The monoisotopic (exact) mass is 300 g/mol. The highest BCUT2D eigenvalue weighted by Gasteiger charge is 2.02. The fourth-order valence-corrected chi connectivity index (χ4v) is 1.80. The first-order chi connectivity index (χ1) is 10.7. The highest BCUT2D eigenvalue weighted by Crippen LogP contribution is 2.23. The maximum absolute atomic E-state index is 11.6. The fraction of sp³-hybridized carbons (Fsp3) is 0.235. The van der Waals surface area contributed by atoms with Crippen LogP contribution in [0, 0.1) is 6.92 Å². The number of urea groups is 1. The minimum absolute atomic E-state index is 0.0608. The van der Waals surface area contributed by atoms with Crippen molar-refractivity contribution >= 4 is 11.7 Å². The van der Waals surface area contributed by atoms with Crippen LogP contribution in [0.15, 0.2) is 48.5 Å². The van der Waals surface area contributed by atoms with Crippen LogP contribution in [0.3, 0.4) is 0 Å². The van der Waals surface area contributed by atoms with E-state index in [-0.39, 0.29) is 12.6 Å². The topological polar surface area (TPSA) is 70.6 Å². The van der Waals surface area contributed by atoms with Crippen LogP contribution in [0.1, 0.15) is 12.0 Å². The third-order valence-corrected chi connectivity index (χ3v) is 2.99. The van der Waals surface area contributed by atoms with Gasteiger partial charge in [-0.3, -0.25) is 0 Å². The zero-order chi connectivity index (χ0) is 15.8. The minimum atomic E-state index is -0.291. The number of aliphatic hydroxyl groups is 1. The second-order valence-electron chi connectivity index (χ2n) is 4.90. The number of carbonyl (C=O) groups excluding carboxylic acids is 1. The van der Waals surface area contributed by atoms with Gasteiger partial charge in [0.1, 0.15) is 11.5 Å². The molecule has 22 heavy (non-hydrogen) atoms. The molecule has 116 valence electrons. The molecule has 0 radical (unpaired) electrons. The number of ether oxygens (including phenoxy) is 1. The summed E-state index contributed by atoms with van der Waals surface area (Å²) in [7, 11) is 0. The van der Waals surface area contributed by atoms with E-state index in [0.29, 0.717) is 24.4 Å². The number of hydrogen-bond donors (Lipinski definition) is 3. The van der Waals surface area contributed by atoms with Gasteiger partial charge in [0.15, 0.2) is 0 Å². The van der Waals surface area contributed by atoms with Crippen LogP contribution < -0.4 is 15.4 Å². The number of amides is 2. The number of anilines is 1. The van der Waals surface area contributed by atoms with Gasteiger partial charge in [-0.1, -0.05) is 17.7 Å². The number of benzene rings is 2. The molecule has 0 fully saturated rings. The summed E-state index contributed by atoms with van der Waals surface area (Å²) in [6, 6.07) is 14.6. The summed E-state index contributed by atoms with van der Waals surface area (Å²) in [6.07, 6.45) is 0.538. The Morgan fingerprint density at radius 2 is 1.64 bits per heavy atom. The summed E-state index contributed by atoms with van der Waals surface area (Å²) < 4.78 is 5.72. The summed E-state index contributed by atoms with van der Waals surface area (Å²) in [6.45, 7) is 2.53. The zero-order valence-electron chi connectivity index (χ0n) is 12.5. The first kappa shape index (κ1) is 15.9. The molecule has 2 aromatic carbocycles. The molecule has 0 aromatic heterocycles. The quantitative estimate of drug-likeness (QED) is 0.717. The molecule has 0 heterocycles. The maximum Gasteiger partial charge on any atom is 0.319 e. The van der Waals surface area contributed by atoms with E-state index < -0.39 is 0 Å².